The summed E-state index contributed by atoms with van der Waals surface area (Å²) in [6.45, 7) is -0.0614. The lowest BCUT2D eigenvalue weighted by Gasteiger charge is -2.06. The molecule has 0 saturated heterocycles. The molecule has 3 aromatic rings. The van der Waals surface area contributed by atoms with Crippen LogP contribution in [0.15, 0.2) is 53.1 Å². The first-order valence-corrected chi connectivity index (χ1v) is 6.80. The molecule has 0 N–H and O–H groups in total. The Bertz CT molecular complexity index is 829. The molecule has 4 nitrogen and oxygen atoms in total. The summed E-state index contributed by atoms with van der Waals surface area (Å²) in [7, 11) is 0. The van der Waals surface area contributed by atoms with Gasteiger partial charge in [-0.15, -0.1) is 0 Å². The standard InChI is InChI=1S/C16H10F4N2O2/c17-12-4-6-13(7-5-12)23-9-14-21-15(24-22-14)10-2-1-3-11(8-10)16(18,19)20/h1-8H,9H2. The van der Waals surface area contributed by atoms with Gasteiger partial charge in [0.15, 0.2) is 6.61 Å². The maximum Gasteiger partial charge on any atom is 0.416 e. The lowest BCUT2D eigenvalue weighted by Crippen LogP contribution is -2.04. The van der Waals surface area contributed by atoms with Gasteiger partial charge in [0.1, 0.15) is 11.6 Å². The first-order chi connectivity index (χ1) is 11.4. The number of halogens is 4. The Morgan fingerprint density at radius 2 is 1.79 bits per heavy atom. The van der Waals surface area contributed by atoms with Gasteiger partial charge in [-0.2, -0.15) is 18.2 Å². The van der Waals surface area contributed by atoms with E-state index in [1.54, 1.807) is 0 Å². The fourth-order valence-corrected chi connectivity index (χ4v) is 1.94. The first kappa shape index (κ1) is 16.0. The van der Waals surface area contributed by atoms with Gasteiger partial charge < -0.3 is 9.26 Å². The highest BCUT2D eigenvalue weighted by Crippen LogP contribution is 2.31. The molecule has 0 saturated carbocycles. The summed E-state index contributed by atoms with van der Waals surface area (Å²) in [6.07, 6.45) is -4.45. The van der Waals surface area contributed by atoms with Crippen LogP contribution in [0.25, 0.3) is 11.5 Å². The van der Waals surface area contributed by atoms with Crippen LogP contribution in [0.1, 0.15) is 11.4 Å². The highest BCUT2D eigenvalue weighted by Gasteiger charge is 2.30. The van der Waals surface area contributed by atoms with Crippen molar-refractivity contribution in [1.82, 2.24) is 10.1 Å². The number of nitrogens with zero attached hydrogens (tertiary/aromatic N) is 2. The Balaban J connectivity index is 1.72. The molecule has 0 aliphatic rings. The second-order valence-electron chi connectivity index (χ2n) is 4.84. The third kappa shape index (κ3) is 3.70. The van der Waals surface area contributed by atoms with Gasteiger partial charge in [-0.3, -0.25) is 0 Å². The largest absolute Gasteiger partial charge is 0.485 e. The van der Waals surface area contributed by atoms with Crippen molar-refractivity contribution in [3.63, 3.8) is 0 Å². The van der Waals surface area contributed by atoms with Gasteiger partial charge in [-0.05, 0) is 42.5 Å². The molecule has 0 aliphatic heterocycles. The van der Waals surface area contributed by atoms with Crippen molar-refractivity contribution >= 4 is 0 Å². The molecule has 0 atom stereocenters. The number of ether oxygens (including phenoxy) is 1. The zero-order chi connectivity index (χ0) is 17.2. The molecule has 1 heterocycles. The van der Waals surface area contributed by atoms with Crippen LogP contribution in [-0.4, -0.2) is 10.1 Å². The molecule has 24 heavy (non-hydrogen) atoms. The van der Waals surface area contributed by atoms with Crippen LogP contribution in [-0.2, 0) is 12.8 Å². The van der Waals surface area contributed by atoms with E-state index in [0.717, 1.165) is 12.1 Å². The molecular weight excluding hydrogens is 328 g/mol. The number of hydrogen-bond donors (Lipinski definition) is 0. The van der Waals surface area contributed by atoms with Gasteiger partial charge in [-0.25, -0.2) is 4.39 Å². The zero-order valence-corrected chi connectivity index (χ0v) is 12.0. The molecule has 124 valence electrons. The Labute approximate surface area is 133 Å². The van der Waals surface area contributed by atoms with E-state index in [2.05, 4.69) is 10.1 Å². The van der Waals surface area contributed by atoms with E-state index in [-0.39, 0.29) is 23.9 Å². The van der Waals surface area contributed by atoms with Crippen molar-refractivity contribution in [2.24, 2.45) is 0 Å². The first-order valence-electron chi connectivity index (χ1n) is 6.80. The van der Waals surface area contributed by atoms with E-state index >= 15 is 0 Å². The summed E-state index contributed by atoms with van der Waals surface area (Å²) in [5.74, 6) is 0.126. The fraction of sp³-hybridized carbons (Fsp3) is 0.125. The van der Waals surface area contributed by atoms with E-state index in [1.165, 1.54) is 36.4 Å². The predicted molar refractivity (Wildman–Crippen MR) is 75.5 cm³/mol. The van der Waals surface area contributed by atoms with Crippen LogP contribution in [0.4, 0.5) is 17.6 Å². The molecule has 8 heteroatoms. The molecule has 0 bridgehead atoms. The maximum absolute atomic E-state index is 12.8. The van der Waals surface area contributed by atoms with Crippen LogP contribution in [0.5, 0.6) is 5.75 Å². The van der Waals surface area contributed by atoms with Crippen molar-refractivity contribution < 1.29 is 26.8 Å². The molecule has 0 aliphatic carbocycles. The zero-order valence-electron chi connectivity index (χ0n) is 12.0. The highest BCUT2D eigenvalue weighted by molar-refractivity contribution is 5.54. The SMILES string of the molecule is Fc1ccc(OCc2noc(-c3cccc(C(F)(F)F)c3)n2)cc1. The van der Waals surface area contributed by atoms with E-state index in [4.69, 9.17) is 9.26 Å². The summed E-state index contributed by atoms with van der Waals surface area (Å²) in [5, 5.41) is 3.65. The van der Waals surface area contributed by atoms with E-state index in [0.29, 0.717) is 5.75 Å². The minimum absolute atomic E-state index is 0.0428. The Morgan fingerprint density at radius 1 is 1.04 bits per heavy atom. The highest BCUT2D eigenvalue weighted by atomic mass is 19.4. The second kappa shape index (κ2) is 6.31. The van der Waals surface area contributed by atoms with E-state index in [1.807, 2.05) is 0 Å². The average molecular weight is 338 g/mol. The molecule has 0 fully saturated rings. The van der Waals surface area contributed by atoms with Crippen LogP contribution in [0, 0.1) is 5.82 Å². The molecule has 2 aromatic carbocycles. The smallest absolute Gasteiger partial charge is 0.416 e. The van der Waals surface area contributed by atoms with Crippen LogP contribution in [0.3, 0.4) is 0 Å². The lowest BCUT2D eigenvalue weighted by atomic mass is 10.1. The molecule has 0 unspecified atom stereocenters. The number of alkyl halides is 3. The summed E-state index contributed by atoms with van der Waals surface area (Å²) < 4.78 is 61.2. The number of hydrogen-bond acceptors (Lipinski definition) is 4. The summed E-state index contributed by atoms with van der Waals surface area (Å²) >= 11 is 0. The minimum atomic E-state index is -4.45. The number of rotatable bonds is 4. The number of benzene rings is 2. The average Bonchev–Trinajstić information content (AvgIpc) is 3.03. The van der Waals surface area contributed by atoms with Crippen LogP contribution >= 0.6 is 0 Å². The van der Waals surface area contributed by atoms with Gasteiger partial charge in [0.25, 0.3) is 5.89 Å². The molecule has 0 radical (unpaired) electrons. The summed E-state index contributed by atoms with van der Waals surface area (Å²) in [5.41, 5.74) is -0.646. The minimum Gasteiger partial charge on any atom is -0.485 e. The van der Waals surface area contributed by atoms with Crippen molar-refractivity contribution in [2.45, 2.75) is 12.8 Å². The van der Waals surface area contributed by atoms with Crippen molar-refractivity contribution in [1.29, 1.82) is 0 Å². The van der Waals surface area contributed by atoms with Crippen LogP contribution in [0.2, 0.25) is 0 Å². The summed E-state index contributed by atoms with van der Waals surface area (Å²) in [6, 6.07) is 9.92. The number of aromatic nitrogens is 2. The third-order valence-corrected chi connectivity index (χ3v) is 3.09. The molecule has 3 rings (SSSR count). The quantitative estimate of drug-likeness (QED) is 0.659. The second-order valence-corrected chi connectivity index (χ2v) is 4.84. The summed E-state index contributed by atoms with van der Waals surface area (Å²) in [4.78, 5) is 3.99. The Kier molecular flexibility index (Phi) is 4.20. The monoisotopic (exact) mass is 338 g/mol. The predicted octanol–water partition coefficient (Wildman–Crippen LogP) is 4.47. The van der Waals surface area contributed by atoms with E-state index < -0.39 is 17.6 Å². The van der Waals surface area contributed by atoms with Crippen LogP contribution < -0.4 is 4.74 Å². The normalized spacial score (nSPS) is 11.5. The Hall–Kier alpha value is -2.90. The van der Waals surface area contributed by atoms with Crippen molar-refractivity contribution in [3.8, 4) is 17.2 Å². The van der Waals surface area contributed by atoms with Crippen molar-refractivity contribution in [3.05, 3.63) is 65.7 Å². The third-order valence-electron chi connectivity index (χ3n) is 3.09. The lowest BCUT2D eigenvalue weighted by molar-refractivity contribution is -0.137. The topological polar surface area (TPSA) is 48.2 Å². The van der Waals surface area contributed by atoms with Gasteiger partial charge in [0.05, 0.1) is 5.56 Å². The molecule has 0 spiro atoms. The molecular formula is C16H10F4N2O2. The molecule has 0 amide bonds. The van der Waals surface area contributed by atoms with E-state index in [9.17, 15) is 17.6 Å². The van der Waals surface area contributed by atoms with Crippen molar-refractivity contribution in [2.75, 3.05) is 0 Å². The van der Waals surface area contributed by atoms with Gasteiger partial charge in [0, 0.05) is 5.56 Å². The Morgan fingerprint density at radius 3 is 2.50 bits per heavy atom. The van der Waals surface area contributed by atoms with Gasteiger partial charge >= 0.3 is 6.18 Å². The van der Waals surface area contributed by atoms with Gasteiger partial charge in [-0.1, -0.05) is 11.2 Å². The van der Waals surface area contributed by atoms with Gasteiger partial charge in [0.2, 0.25) is 5.82 Å². The molecule has 1 aromatic heterocycles. The maximum atomic E-state index is 12.8. The fourth-order valence-electron chi connectivity index (χ4n) is 1.94.